The third-order valence-electron chi connectivity index (χ3n) is 4.43. The lowest BCUT2D eigenvalue weighted by atomic mass is 9.89. The van der Waals surface area contributed by atoms with Crippen molar-refractivity contribution >= 4 is 22.7 Å². The highest BCUT2D eigenvalue weighted by atomic mass is 15.2. The summed E-state index contributed by atoms with van der Waals surface area (Å²) in [6, 6.07) is 8.25. The molecule has 3 rings (SSSR count). The van der Waals surface area contributed by atoms with Gasteiger partial charge in [0.15, 0.2) is 0 Å². The van der Waals surface area contributed by atoms with Crippen LogP contribution in [0.15, 0.2) is 24.3 Å². The standard InChI is InChI=1S/C17H24N4/c1-18-17-19-15-11-7-6-10-14(15)16(20-17)21(2)12-13-8-4-3-5-9-13/h6-7,10-11,13H,3-5,8-9,12H2,1-2H3,(H,18,19,20). The number of hydrogen-bond donors (Lipinski definition) is 1. The molecule has 1 fully saturated rings. The zero-order valence-electron chi connectivity index (χ0n) is 13.0. The van der Waals surface area contributed by atoms with Gasteiger partial charge in [-0.1, -0.05) is 31.4 Å². The largest absolute Gasteiger partial charge is 0.359 e. The molecule has 1 aliphatic carbocycles. The third kappa shape index (κ3) is 3.09. The molecule has 0 amide bonds. The Kier molecular flexibility index (Phi) is 4.23. The minimum atomic E-state index is 0.694. The predicted octanol–water partition coefficient (Wildman–Crippen LogP) is 3.69. The molecule has 0 saturated heterocycles. The number of nitrogens with zero attached hydrogens (tertiary/aromatic N) is 3. The molecule has 0 spiro atoms. The van der Waals surface area contributed by atoms with Gasteiger partial charge in [-0.15, -0.1) is 0 Å². The predicted molar refractivity (Wildman–Crippen MR) is 88.9 cm³/mol. The van der Waals surface area contributed by atoms with E-state index >= 15 is 0 Å². The van der Waals surface area contributed by atoms with Crippen molar-refractivity contribution in [2.75, 3.05) is 30.9 Å². The number of benzene rings is 1. The summed E-state index contributed by atoms with van der Waals surface area (Å²) in [5.74, 6) is 2.53. The van der Waals surface area contributed by atoms with Crippen molar-refractivity contribution in [3.63, 3.8) is 0 Å². The summed E-state index contributed by atoms with van der Waals surface area (Å²) < 4.78 is 0. The van der Waals surface area contributed by atoms with Crippen LogP contribution < -0.4 is 10.2 Å². The van der Waals surface area contributed by atoms with Crippen molar-refractivity contribution in [2.45, 2.75) is 32.1 Å². The van der Waals surface area contributed by atoms with E-state index in [4.69, 9.17) is 0 Å². The average Bonchev–Trinajstić information content (AvgIpc) is 2.54. The van der Waals surface area contributed by atoms with Crippen LogP contribution in [0.5, 0.6) is 0 Å². The Morgan fingerprint density at radius 3 is 2.67 bits per heavy atom. The fourth-order valence-corrected chi connectivity index (χ4v) is 3.31. The molecule has 2 aromatic rings. The SMILES string of the molecule is CNc1nc(N(C)CC2CCCCC2)c2ccccc2n1. The summed E-state index contributed by atoms with van der Waals surface area (Å²) in [7, 11) is 4.03. The Balaban J connectivity index is 1.90. The number of anilines is 2. The van der Waals surface area contributed by atoms with Gasteiger partial charge < -0.3 is 10.2 Å². The van der Waals surface area contributed by atoms with E-state index in [1.54, 1.807) is 0 Å². The molecular weight excluding hydrogens is 260 g/mol. The molecule has 0 atom stereocenters. The van der Waals surface area contributed by atoms with E-state index in [1.165, 1.54) is 32.1 Å². The lowest BCUT2D eigenvalue weighted by Gasteiger charge is -2.28. The Labute approximate surface area is 126 Å². The smallest absolute Gasteiger partial charge is 0.224 e. The van der Waals surface area contributed by atoms with Crippen LogP contribution in [0, 0.1) is 5.92 Å². The monoisotopic (exact) mass is 284 g/mol. The molecule has 0 aliphatic heterocycles. The summed E-state index contributed by atoms with van der Waals surface area (Å²) in [5.41, 5.74) is 1.00. The van der Waals surface area contributed by atoms with Gasteiger partial charge in [-0.2, -0.15) is 4.98 Å². The summed E-state index contributed by atoms with van der Waals surface area (Å²) in [4.78, 5) is 11.5. The van der Waals surface area contributed by atoms with Gasteiger partial charge >= 0.3 is 0 Å². The van der Waals surface area contributed by atoms with Gasteiger partial charge in [0, 0.05) is 26.0 Å². The minimum absolute atomic E-state index is 0.694. The second kappa shape index (κ2) is 6.29. The molecule has 1 aromatic carbocycles. The third-order valence-corrected chi connectivity index (χ3v) is 4.43. The number of nitrogens with one attached hydrogen (secondary N) is 1. The number of aromatic nitrogens is 2. The van der Waals surface area contributed by atoms with Crippen LogP contribution in [0.1, 0.15) is 32.1 Å². The van der Waals surface area contributed by atoms with Crippen molar-refractivity contribution in [2.24, 2.45) is 5.92 Å². The fourth-order valence-electron chi connectivity index (χ4n) is 3.31. The Morgan fingerprint density at radius 2 is 1.90 bits per heavy atom. The van der Waals surface area contributed by atoms with E-state index < -0.39 is 0 Å². The quantitative estimate of drug-likeness (QED) is 0.929. The van der Waals surface area contributed by atoms with Crippen LogP contribution in [-0.4, -0.2) is 30.6 Å². The highest BCUT2D eigenvalue weighted by Gasteiger charge is 2.18. The summed E-state index contributed by atoms with van der Waals surface area (Å²) in [6.45, 7) is 1.09. The second-order valence-electron chi connectivity index (χ2n) is 6.02. The maximum absolute atomic E-state index is 4.69. The number of fused-ring (bicyclic) bond motifs is 1. The van der Waals surface area contributed by atoms with E-state index in [-0.39, 0.29) is 0 Å². The Hall–Kier alpha value is -1.84. The molecule has 1 aromatic heterocycles. The van der Waals surface area contributed by atoms with Gasteiger partial charge in [0.25, 0.3) is 0 Å². The van der Waals surface area contributed by atoms with Gasteiger partial charge in [0.1, 0.15) is 5.82 Å². The molecule has 0 radical (unpaired) electrons. The molecule has 4 nitrogen and oxygen atoms in total. The van der Waals surface area contributed by atoms with E-state index in [0.29, 0.717) is 5.95 Å². The van der Waals surface area contributed by atoms with Crippen LogP contribution in [0.3, 0.4) is 0 Å². The van der Waals surface area contributed by atoms with Gasteiger partial charge in [0.05, 0.1) is 5.52 Å². The molecule has 1 N–H and O–H groups in total. The van der Waals surface area contributed by atoms with Crippen molar-refractivity contribution in [1.29, 1.82) is 0 Å². The van der Waals surface area contributed by atoms with Gasteiger partial charge in [-0.05, 0) is 30.9 Å². The van der Waals surface area contributed by atoms with Crippen molar-refractivity contribution in [3.8, 4) is 0 Å². The second-order valence-corrected chi connectivity index (χ2v) is 6.02. The van der Waals surface area contributed by atoms with Crippen LogP contribution in [0.4, 0.5) is 11.8 Å². The molecule has 4 heteroatoms. The maximum Gasteiger partial charge on any atom is 0.224 e. The first kappa shape index (κ1) is 14.1. The van der Waals surface area contributed by atoms with E-state index in [2.05, 4.69) is 45.4 Å². The van der Waals surface area contributed by atoms with E-state index in [0.717, 1.165) is 29.2 Å². The van der Waals surface area contributed by atoms with Crippen LogP contribution in [0.25, 0.3) is 10.9 Å². The van der Waals surface area contributed by atoms with Gasteiger partial charge in [0.2, 0.25) is 5.95 Å². The highest BCUT2D eigenvalue weighted by Crippen LogP contribution is 2.28. The van der Waals surface area contributed by atoms with Gasteiger partial charge in [-0.25, -0.2) is 4.98 Å². The molecule has 1 aliphatic rings. The van der Waals surface area contributed by atoms with Crippen LogP contribution in [-0.2, 0) is 0 Å². The number of para-hydroxylation sites is 1. The fraction of sp³-hybridized carbons (Fsp3) is 0.529. The lowest BCUT2D eigenvalue weighted by molar-refractivity contribution is 0.362. The first-order valence-electron chi connectivity index (χ1n) is 7.93. The molecule has 0 unspecified atom stereocenters. The molecule has 1 heterocycles. The lowest BCUT2D eigenvalue weighted by Crippen LogP contribution is -2.28. The van der Waals surface area contributed by atoms with Crippen molar-refractivity contribution in [1.82, 2.24) is 9.97 Å². The first-order chi connectivity index (χ1) is 10.3. The summed E-state index contributed by atoms with van der Waals surface area (Å²) in [6.07, 6.45) is 6.87. The highest BCUT2D eigenvalue weighted by molar-refractivity contribution is 5.90. The Bertz CT molecular complexity index is 605. The zero-order chi connectivity index (χ0) is 14.7. The molecule has 0 bridgehead atoms. The zero-order valence-corrected chi connectivity index (χ0v) is 13.0. The van der Waals surface area contributed by atoms with E-state index in [9.17, 15) is 0 Å². The van der Waals surface area contributed by atoms with Crippen molar-refractivity contribution in [3.05, 3.63) is 24.3 Å². The Morgan fingerprint density at radius 1 is 1.14 bits per heavy atom. The first-order valence-corrected chi connectivity index (χ1v) is 7.93. The molecular formula is C17H24N4. The maximum atomic E-state index is 4.69. The molecule has 112 valence electrons. The number of hydrogen-bond acceptors (Lipinski definition) is 4. The molecule has 1 saturated carbocycles. The molecule has 21 heavy (non-hydrogen) atoms. The van der Waals surface area contributed by atoms with Crippen LogP contribution >= 0.6 is 0 Å². The minimum Gasteiger partial charge on any atom is -0.359 e. The van der Waals surface area contributed by atoms with Crippen LogP contribution in [0.2, 0.25) is 0 Å². The average molecular weight is 284 g/mol. The van der Waals surface area contributed by atoms with E-state index in [1.807, 2.05) is 13.1 Å². The van der Waals surface area contributed by atoms with Gasteiger partial charge in [-0.3, -0.25) is 0 Å². The summed E-state index contributed by atoms with van der Waals surface area (Å²) in [5, 5.41) is 4.20. The topological polar surface area (TPSA) is 41.1 Å². The number of rotatable bonds is 4. The normalized spacial score (nSPS) is 16.1. The van der Waals surface area contributed by atoms with Crippen molar-refractivity contribution < 1.29 is 0 Å². The summed E-state index contributed by atoms with van der Waals surface area (Å²) >= 11 is 0.